The van der Waals surface area contributed by atoms with E-state index < -0.39 is 0 Å². The zero-order valence-corrected chi connectivity index (χ0v) is 23.1. The second-order valence-electron chi connectivity index (χ2n) is 10.8. The first-order chi connectivity index (χ1) is 18.3. The van der Waals surface area contributed by atoms with Crippen LogP contribution >= 0.6 is 11.6 Å². The first-order valence-corrected chi connectivity index (χ1v) is 13.9. The van der Waals surface area contributed by atoms with Gasteiger partial charge in [0.15, 0.2) is 0 Å². The summed E-state index contributed by atoms with van der Waals surface area (Å²) in [6, 6.07) is 7.33. The van der Waals surface area contributed by atoms with Crippen LogP contribution in [0.15, 0.2) is 18.2 Å². The maximum absolute atomic E-state index is 13.5. The zero-order valence-electron chi connectivity index (χ0n) is 22.3. The van der Waals surface area contributed by atoms with Gasteiger partial charge in [0.2, 0.25) is 17.7 Å². The summed E-state index contributed by atoms with van der Waals surface area (Å²) in [4.78, 5) is 43.9. The van der Waals surface area contributed by atoms with Crippen molar-refractivity contribution in [2.45, 2.75) is 51.1 Å². The Morgan fingerprint density at radius 2 is 1.97 bits per heavy atom. The molecule has 3 fully saturated rings. The Kier molecular flexibility index (Phi) is 9.64. The Morgan fingerprint density at radius 3 is 2.66 bits per heavy atom. The Hall–Kier alpha value is -2.67. The van der Waals surface area contributed by atoms with E-state index in [1.54, 1.807) is 42.2 Å². The molecule has 4 rings (SSSR count). The molecule has 1 N–H and O–H groups in total. The molecule has 3 atom stereocenters. The van der Waals surface area contributed by atoms with Crippen LogP contribution in [-0.4, -0.2) is 85.5 Å². The van der Waals surface area contributed by atoms with E-state index in [2.05, 4.69) is 5.32 Å². The summed E-state index contributed by atoms with van der Waals surface area (Å²) in [6.45, 7) is 2.78. The molecule has 1 aromatic carbocycles. The summed E-state index contributed by atoms with van der Waals surface area (Å²) in [7, 11) is 3.32. The molecule has 3 unspecified atom stereocenters. The summed E-state index contributed by atoms with van der Waals surface area (Å²) < 4.78 is 5.04. The van der Waals surface area contributed by atoms with E-state index in [0.717, 1.165) is 50.8 Å². The number of nitrogens with zero attached hydrogens (tertiary/aromatic N) is 4. The van der Waals surface area contributed by atoms with Gasteiger partial charge in [-0.2, -0.15) is 5.26 Å². The number of rotatable bonds is 8. The summed E-state index contributed by atoms with van der Waals surface area (Å²) in [5, 5.41) is 12.9. The second kappa shape index (κ2) is 12.9. The minimum absolute atomic E-state index is 0.0300. The van der Waals surface area contributed by atoms with Gasteiger partial charge in [0, 0.05) is 39.8 Å². The van der Waals surface area contributed by atoms with Crippen LogP contribution < -0.4 is 5.32 Å². The molecule has 9 nitrogen and oxygen atoms in total. The Morgan fingerprint density at radius 1 is 1.21 bits per heavy atom. The number of benzene rings is 1. The van der Waals surface area contributed by atoms with E-state index in [9.17, 15) is 14.4 Å². The van der Waals surface area contributed by atoms with Crippen molar-refractivity contribution in [1.29, 1.82) is 5.26 Å². The molecule has 0 bridgehead atoms. The van der Waals surface area contributed by atoms with Crippen LogP contribution in [0.3, 0.4) is 0 Å². The highest BCUT2D eigenvalue weighted by molar-refractivity contribution is 6.31. The van der Waals surface area contributed by atoms with Crippen molar-refractivity contribution in [2.75, 3.05) is 47.1 Å². The molecular weight excluding hydrogens is 506 g/mol. The molecule has 1 aliphatic carbocycles. The number of halogens is 1. The van der Waals surface area contributed by atoms with Gasteiger partial charge in [-0.25, -0.2) is 0 Å². The van der Waals surface area contributed by atoms with Gasteiger partial charge >= 0.3 is 0 Å². The largest absolute Gasteiger partial charge is 0.384 e. The fourth-order valence-electron chi connectivity index (χ4n) is 6.18. The number of carbonyl (C=O) groups is 3. The van der Waals surface area contributed by atoms with Crippen LogP contribution in [0.4, 0.5) is 0 Å². The van der Waals surface area contributed by atoms with Crippen molar-refractivity contribution in [3.63, 3.8) is 0 Å². The van der Waals surface area contributed by atoms with Crippen molar-refractivity contribution >= 4 is 29.3 Å². The van der Waals surface area contributed by atoms with E-state index in [0.29, 0.717) is 48.7 Å². The number of nitriles is 1. The molecule has 206 valence electrons. The maximum Gasteiger partial charge on any atom is 0.242 e. The third-order valence-corrected chi connectivity index (χ3v) is 8.78. The van der Waals surface area contributed by atoms with Gasteiger partial charge < -0.3 is 19.4 Å². The average molecular weight is 544 g/mol. The topological polar surface area (TPSA) is 106 Å². The number of fused-ring (bicyclic) bond motifs is 1. The van der Waals surface area contributed by atoms with Crippen LogP contribution in [0.2, 0.25) is 5.02 Å². The van der Waals surface area contributed by atoms with E-state index in [4.69, 9.17) is 21.6 Å². The summed E-state index contributed by atoms with van der Waals surface area (Å²) in [5.41, 5.74) is 1.23. The molecule has 0 radical (unpaired) electrons. The number of piperidine rings is 1. The fraction of sp³-hybridized carbons (Fsp3) is 0.643. The number of methoxy groups -OCH3 is 1. The van der Waals surface area contributed by atoms with Gasteiger partial charge in [-0.3, -0.25) is 19.7 Å². The van der Waals surface area contributed by atoms with E-state index >= 15 is 0 Å². The SMILES string of the molecule is COCCC(=O)N1CCC(C2CCC3NCN(CC(=O)N(C)Cc4ccc(C#N)c(Cl)c4)C(=O)C3C2)CC1. The van der Waals surface area contributed by atoms with Gasteiger partial charge in [0.05, 0.1) is 36.2 Å². The molecule has 0 aromatic heterocycles. The van der Waals surface area contributed by atoms with Crippen LogP contribution in [0.5, 0.6) is 0 Å². The number of likely N-dealkylation sites (N-methyl/N-ethyl adjacent to an activating group) is 1. The smallest absolute Gasteiger partial charge is 0.242 e. The lowest BCUT2D eigenvalue weighted by Gasteiger charge is -2.46. The lowest BCUT2D eigenvalue weighted by Crippen LogP contribution is -2.60. The summed E-state index contributed by atoms with van der Waals surface area (Å²) >= 11 is 6.13. The highest BCUT2D eigenvalue weighted by Gasteiger charge is 2.43. The van der Waals surface area contributed by atoms with Crippen LogP contribution in [-0.2, 0) is 25.7 Å². The lowest BCUT2D eigenvalue weighted by atomic mass is 9.69. The number of hydrogen-bond acceptors (Lipinski definition) is 6. The number of hydrogen-bond donors (Lipinski definition) is 1. The Bertz CT molecular complexity index is 1070. The standard InChI is InChI=1S/C28H38ClN5O4/c1-32(16-19-3-4-22(15-30)24(29)13-19)27(36)17-34-18-31-25-6-5-21(14-23(25)28(34)37)20-7-10-33(11-8-20)26(35)9-12-38-2/h3-4,13,20-21,23,25,31H,5-12,14,16-18H2,1-2H3. The van der Waals surface area contributed by atoms with Crippen LogP contribution in [0, 0.1) is 29.1 Å². The highest BCUT2D eigenvalue weighted by Crippen LogP contribution is 2.40. The molecule has 3 amide bonds. The Balaban J connectivity index is 1.28. The fourth-order valence-corrected chi connectivity index (χ4v) is 6.43. The normalized spacial score (nSPS) is 24.1. The highest BCUT2D eigenvalue weighted by atomic mass is 35.5. The van der Waals surface area contributed by atoms with Gasteiger partial charge in [0.1, 0.15) is 12.6 Å². The molecule has 2 heterocycles. The minimum Gasteiger partial charge on any atom is -0.384 e. The van der Waals surface area contributed by atoms with Crippen molar-refractivity contribution in [3.8, 4) is 6.07 Å². The van der Waals surface area contributed by atoms with Crippen molar-refractivity contribution < 1.29 is 19.1 Å². The number of carbonyl (C=O) groups excluding carboxylic acids is 3. The van der Waals surface area contributed by atoms with Gasteiger partial charge in [-0.15, -0.1) is 0 Å². The van der Waals surface area contributed by atoms with Crippen molar-refractivity contribution in [3.05, 3.63) is 34.3 Å². The average Bonchev–Trinajstić information content (AvgIpc) is 2.93. The first kappa shape index (κ1) is 28.3. The van der Waals surface area contributed by atoms with Crippen LogP contribution in [0.1, 0.15) is 49.7 Å². The van der Waals surface area contributed by atoms with E-state index in [1.165, 1.54) is 0 Å². The number of nitrogens with one attached hydrogen (secondary N) is 1. The van der Waals surface area contributed by atoms with Crippen molar-refractivity contribution in [1.82, 2.24) is 20.0 Å². The number of likely N-dealkylation sites (tertiary alicyclic amines) is 1. The van der Waals surface area contributed by atoms with E-state index in [-0.39, 0.29) is 36.2 Å². The molecule has 3 aliphatic rings. The zero-order chi connectivity index (χ0) is 27.2. The van der Waals surface area contributed by atoms with E-state index in [1.807, 2.05) is 11.0 Å². The van der Waals surface area contributed by atoms with Crippen molar-refractivity contribution in [2.24, 2.45) is 17.8 Å². The summed E-state index contributed by atoms with van der Waals surface area (Å²) in [6.07, 6.45) is 5.29. The second-order valence-corrected chi connectivity index (χ2v) is 11.2. The van der Waals surface area contributed by atoms with Gasteiger partial charge in [-0.05, 0) is 61.6 Å². The molecule has 0 spiro atoms. The third-order valence-electron chi connectivity index (χ3n) is 8.47. The quantitative estimate of drug-likeness (QED) is 0.540. The van der Waals surface area contributed by atoms with Gasteiger partial charge in [0.25, 0.3) is 0 Å². The number of ether oxygens (including phenoxy) is 1. The van der Waals surface area contributed by atoms with Crippen LogP contribution in [0.25, 0.3) is 0 Å². The third kappa shape index (κ3) is 6.66. The van der Waals surface area contributed by atoms with Gasteiger partial charge in [-0.1, -0.05) is 17.7 Å². The molecule has 2 saturated heterocycles. The first-order valence-electron chi connectivity index (χ1n) is 13.5. The monoisotopic (exact) mass is 543 g/mol. The Labute approximate surface area is 230 Å². The molecule has 10 heteroatoms. The maximum atomic E-state index is 13.5. The predicted octanol–water partition coefficient (Wildman–Crippen LogP) is 2.62. The molecular formula is C28H38ClN5O4. The molecule has 2 aliphatic heterocycles. The lowest BCUT2D eigenvalue weighted by molar-refractivity contribution is -0.148. The predicted molar refractivity (Wildman–Crippen MR) is 143 cm³/mol. The molecule has 1 aromatic rings. The summed E-state index contributed by atoms with van der Waals surface area (Å²) in [5.74, 6) is 0.966. The minimum atomic E-state index is -0.142. The molecule has 1 saturated carbocycles. The number of amides is 3. The molecule has 38 heavy (non-hydrogen) atoms.